The molecule has 164 valence electrons. The third-order valence-electron chi connectivity index (χ3n) is 5.04. The predicted octanol–water partition coefficient (Wildman–Crippen LogP) is 4.39. The molecule has 0 aliphatic carbocycles. The highest BCUT2D eigenvalue weighted by atomic mass is 32.2. The lowest BCUT2D eigenvalue weighted by molar-refractivity contribution is 0.133. The highest BCUT2D eigenvalue weighted by Gasteiger charge is 2.27. The van der Waals surface area contributed by atoms with Crippen LogP contribution in [0.25, 0.3) is 11.3 Å². The molecule has 0 radical (unpaired) electrons. The predicted molar refractivity (Wildman–Crippen MR) is 124 cm³/mol. The second kappa shape index (κ2) is 10.7. The van der Waals surface area contributed by atoms with Crippen LogP contribution < -0.4 is 0 Å². The molecule has 6 heteroatoms. The number of aryl methyl sites for hydroxylation is 1. The van der Waals surface area contributed by atoms with Crippen molar-refractivity contribution < 1.29 is 13.5 Å². The summed E-state index contributed by atoms with van der Waals surface area (Å²) in [5, 5.41) is 10.6. The quantitative estimate of drug-likeness (QED) is 0.510. The Kier molecular flexibility index (Phi) is 7.96. The van der Waals surface area contributed by atoms with Crippen molar-refractivity contribution in [3.8, 4) is 11.3 Å². The van der Waals surface area contributed by atoms with Crippen LogP contribution in [0.2, 0.25) is 0 Å². The lowest BCUT2D eigenvalue weighted by Gasteiger charge is -2.26. The van der Waals surface area contributed by atoms with E-state index < -0.39 is 16.1 Å². The van der Waals surface area contributed by atoms with Crippen molar-refractivity contribution in [1.29, 1.82) is 0 Å². The minimum absolute atomic E-state index is 0.0787. The molecule has 0 fully saturated rings. The van der Waals surface area contributed by atoms with Gasteiger partial charge in [-0.15, -0.1) is 0 Å². The summed E-state index contributed by atoms with van der Waals surface area (Å²) in [6, 6.07) is 22.3. The molecule has 31 heavy (non-hydrogen) atoms. The van der Waals surface area contributed by atoms with Gasteiger partial charge in [0.25, 0.3) is 0 Å². The smallest absolute Gasteiger partial charge is 0.243 e. The minimum atomic E-state index is -3.72. The van der Waals surface area contributed by atoms with Gasteiger partial charge in [-0.2, -0.15) is 4.31 Å². The van der Waals surface area contributed by atoms with E-state index in [0.717, 1.165) is 16.8 Å². The van der Waals surface area contributed by atoms with E-state index in [2.05, 4.69) is 4.98 Å². The SMILES string of the molecule is CC(C)CN(CC(O)CCc1ccccc1)S(=O)(=O)c1ccc(-c2ccccn2)cc1. The standard InChI is InChI=1S/C25H30N2O3S/c1-20(2)18-27(19-23(28)14-11-21-8-4-3-5-9-21)31(29,30)24-15-12-22(13-16-24)25-10-6-7-17-26-25/h3-10,12-13,15-17,20,23,28H,11,14,18-19H2,1-2H3. The van der Waals surface area contributed by atoms with E-state index in [1.807, 2.05) is 62.4 Å². The van der Waals surface area contributed by atoms with Gasteiger partial charge in [0.2, 0.25) is 10.0 Å². The molecule has 0 aliphatic heterocycles. The zero-order chi connectivity index (χ0) is 22.3. The molecule has 0 amide bonds. The Balaban J connectivity index is 1.73. The molecule has 3 rings (SSSR count). The number of benzene rings is 2. The Hall–Kier alpha value is -2.54. The first-order chi connectivity index (χ1) is 14.9. The third-order valence-corrected chi connectivity index (χ3v) is 6.89. The number of sulfonamides is 1. The van der Waals surface area contributed by atoms with Gasteiger partial charge in [-0.3, -0.25) is 4.98 Å². The summed E-state index contributed by atoms with van der Waals surface area (Å²) in [5.41, 5.74) is 2.78. The van der Waals surface area contributed by atoms with Crippen LogP contribution in [0.5, 0.6) is 0 Å². The Morgan fingerprint density at radius 3 is 2.19 bits per heavy atom. The van der Waals surface area contributed by atoms with E-state index in [1.54, 1.807) is 30.5 Å². The van der Waals surface area contributed by atoms with Gasteiger partial charge in [-0.1, -0.05) is 62.4 Å². The first-order valence-electron chi connectivity index (χ1n) is 10.6. The fourth-order valence-electron chi connectivity index (χ4n) is 3.46. The largest absolute Gasteiger partial charge is 0.392 e. The molecule has 0 saturated heterocycles. The summed E-state index contributed by atoms with van der Waals surface area (Å²) >= 11 is 0. The molecule has 0 spiro atoms. The highest BCUT2D eigenvalue weighted by molar-refractivity contribution is 7.89. The maximum Gasteiger partial charge on any atom is 0.243 e. The van der Waals surface area contributed by atoms with Crippen LogP contribution in [0, 0.1) is 5.92 Å². The van der Waals surface area contributed by atoms with E-state index in [0.29, 0.717) is 19.4 Å². The maximum absolute atomic E-state index is 13.3. The van der Waals surface area contributed by atoms with Crippen LogP contribution in [0.15, 0.2) is 83.9 Å². The van der Waals surface area contributed by atoms with Gasteiger partial charge in [0.05, 0.1) is 16.7 Å². The molecule has 2 aromatic carbocycles. The monoisotopic (exact) mass is 438 g/mol. The maximum atomic E-state index is 13.3. The highest BCUT2D eigenvalue weighted by Crippen LogP contribution is 2.23. The van der Waals surface area contributed by atoms with Crippen molar-refractivity contribution in [2.45, 2.75) is 37.7 Å². The molecule has 1 heterocycles. The van der Waals surface area contributed by atoms with Gasteiger partial charge in [0, 0.05) is 24.8 Å². The van der Waals surface area contributed by atoms with Gasteiger partial charge in [-0.25, -0.2) is 8.42 Å². The van der Waals surface area contributed by atoms with E-state index in [1.165, 1.54) is 4.31 Å². The zero-order valence-corrected chi connectivity index (χ0v) is 18.9. The minimum Gasteiger partial charge on any atom is -0.392 e. The summed E-state index contributed by atoms with van der Waals surface area (Å²) in [7, 11) is -3.72. The number of hydrogen-bond acceptors (Lipinski definition) is 4. The Morgan fingerprint density at radius 1 is 0.903 bits per heavy atom. The second-order valence-electron chi connectivity index (χ2n) is 8.13. The molecular weight excluding hydrogens is 408 g/mol. The lowest BCUT2D eigenvalue weighted by Crippen LogP contribution is -2.40. The van der Waals surface area contributed by atoms with Crippen molar-refractivity contribution in [2.24, 2.45) is 5.92 Å². The average molecular weight is 439 g/mol. The average Bonchev–Trinajstić information content (AvgIpc) is 2.78. The van der Waals surface area contributed by atoms with Crippen molar-refractivity contribution in [3.05, 3.63) is 84.6 Å². The van der Waals surface area contributed by atoms with Crippen LogP contribution in [0.3, 0.4) is 0 Å². The first-order valence-corrected chi connectivity index (χ1v) is 12.0. The van der Waals surface area contributed by atoms with E-state index in [4.69, 9.17) is 0 Å². The van der Waals surface area contributed by atoms with Crippen LogP contribution in [-0.4, -0.2) is 42.0 Å². The zero-order valence-electron chi connectivity index (χ0n) is 18.1. The molecule has 3 aromatic rings. The molecular formula is C25H30N2O3S. The van der Waals surface area contributed by atoms with E-state index >= 15 is 0 Å². The van der Waals surface area contributed by atoms with Crippen LogP contribution >= 0.6 is 0 Å². The summed E-state index contributed by atoms with van der Waals surface area (Å²) in [5.74, 6) is 0.142. The van der Waals surface area contributed by atoms with Crippen LogP contribution in [0.1, 0.15) is 25.8 Å². The molecule has 1 N–H and O–H groups in total. The number of aromatic nitrogens is 1. The Labute approximate surface area is 185 Å². The van der Waals surface area contributed by atoms with Crippen molar-refractivity contribution >= 4 is 10.0 Å². The summed E-state index contributed by atoms with van der Waals surface area (Å²) in [6.07, 6.45) is 2.19. The third kappa shape index (κ3) is 6.47. The number of aliphatic hydroxyl groups is 1. The summed E-state index contributed by atoms with van der Waals surface area (Å²) in [4.78, 5) is 4.53. The van der Waals surface area contributed by atoms with Gasteiger partial charge in [-0.05, 0) is 48.6 Å². The van der Waals surface area contributed by atoms with Gasteiger partial charge in [0.15, 0.2) is 0 Å². The van der Waals surface area contributed by atoms with Gasteiger partial charge in [0.1, 0.15) is 0 Å². The second-order valence-corrected chi connectivity index (χ2v) is 10.1. The summed E-state index contributed by atoms with van der Waals surface area (Å²) in [6.45, 7) is 4.38. The molecule has 0 aliphatic rings. The normalized spacial score (nSPS) is 12.9. The van der Waals surface area contributed by atoms with Crippen LogP contribution in [0.4, 0.5) is 0 Å². The molecule has 5 nitrogen and oxygen atoms in total. The molecule has 0 bridgehead atoms. The number of aliphatic hydroxyl groups excluding tert-OH is 1. The number of pyridine rings is 1. The van der Waals surface area contributed by atoms with Crippen molar-refractivity contribution in [1.82, 2.24) is 9.29 Å². The van der Waals surface area contributed by atoms with E-state index in [-0.39, 0.29) is 17.4 Å². The molecule has 1 atom stereocenters. The fraction of sp³-hybridized carbons (Fsp3) is 0.320. The van der Waals surface area contributed by atoms with Crippen LogP contribution in [-0.2, 0) is 16.4 Å². The van der Waals surface area contributed by atoms with Gasteiger partial charge >= 0.3 is 0 Å². The molecule has 0 saturated carbocycles. The molecule has 1 aromatic heterocycles. The summed E-state index contributed by atoms with van der Waals surface area (Å²) < 4.78 is 28.1. The topological polar surface area (TPSA) is 70.5 Å². The first kappa shape index (κ1) is 23.1. The fourth-order valence-corrected chi connectivity index (χ4v) is 5.10. The number of nitrogens with zero attached hydrogens (tertiary/aromatic N) is 2. The number of rotatable bonds is 10. The Morgan fingerprint density at radius 2 is 1.58 bits per heavy atom. The van der Waals surface area contributed by atoms with Crippen molar-refractivity contribution in [2.75, 3.05) is 13.1 Å². The van der Waals surface area contributed by atoms with E-state index in [9.17, 15) is 13.5 Å². The van der Waals surface area contributed by atoms with Crippen molar-refractivity contribution in [3.63, 3.8) is 0 Å². The van der Waals surface area contributed by atoms with Gasteiger partial charge < -0.3 is 5.11 Å². The lowest BCUT2D eigenvalue weighted by atomic mass is 10.1. The number of hydrogen-bond donors (Lipinski definition) is 1. The Bertz CT molecular complexity index is 1040. The molecule has 1 unspecified atom stereocenters.